The Morgan fingerprint density at radius 1 is 1.43 bits per heavy atom. The summed E-state index contributed by atoms with van der Waals surface area (Å²) in [6.07, 6.45) is 3.06. The van der Waals surface area contributed by atoms with Crippen LogP contribution in [0.15, 0.2) is 47.7 Å². The Labute approximate surface area is 137 Å². The van der Waals surface area contributed by atoms with Gasteiger partial charge in [0.05, 0.1) is 23.4 Å². The molecule has 0 bridgehead atoms. The number of hydrazone groups is 1. The van der Waals surface area contributed by atoms with E-state index in [0.717, 1.165) is 5.69 Å². The lowest BCUT2D eigenvalue weighted by atomic mass is 10.2. The van der Waals surface area contributed by atoms with Gasteiger partial charge in [-0.1, -0.05) is 12.1 Å². The number of anilines is 1. The van der Waals surface area contributed by atoms with Crippen molar-refractivity contribution >= 4 is 34.9 Å². The Morgan fingerprint density at radius 2 is 2.26 bits per heavy atom. The molecule has 0 radical (unpaired) electrons. The van der Waals surface area contributed by atoms with Crippen LogP contribution in [0.3, 0.4) is 0 Å². The number of benzene rings is 1. The Bertz CT molecular complexity index is 735. The van der Waals surface area contributed by atoms with Crippen molar-refractivity contribution in [3.63, 3.8) is 0 Å². The zero-order valence-electron chi connectivity index (χ0n) is 12.0. The molecule has 118 valence electrons. The molecule has 0 spiro atoms. The molecule has 23 heavy (non-hydrogen) atoms. The first-order valence-electron chi connectivity index (χ1n) is 6.57. The number of thiocarbonyl (C=S) groups is 1. The Morgan fingerprint density at radius 3 is 2.91 bits per heavy atom. The number of nitro groups is 1. The summed E-state index contributed by atoms with van der Waals surface area (Å²) < 4.78 is 0. The van der Waals surface area contributed by atoms with E-state index in [1.54, 1.807) is 24.4 Å². The van der Waals surface area contributed by atoms with Gasteiger partial charge in [0.15, 0.2) is 5.11 Å². The monoisotopic (exact) mass is 330 g/mol. The summed E-state index contributed by atoms with van der Waals surface area (Å²) >= 11 is 4.61. The number of nitrogens with two attached hydrogens (primary N) is 1. The third-order valence-corrected chi connectivity index (χ3v) is 2.88. The number of hydrogen-bond donors (Lipinski definition) is 3. The molecule has 1 aromatic heterocycles. The molecule has 4 N–H and O–H groups in total. The number of nitro benzene ring substituents is 1. The SMILES string of the molecule is NC(=S)N/N=C/c1ccc(NCc2ccccn2)c([N+](=O)[O-])c1. The lowest BCUT2D eigenvalue weighted by Crippen LogP contribution is -2.23. The minimum atomic E-state index is -0.459. The number of aromatic nitrogens is 1. The zero-order chi connectivity index (χ0) is 16.7. The first kappa shape index (κ1) is 16.3. The van der Waals surface area contributed by atoms with Gasteiger partial charge in [0.25, 0.3) is 5.69 Å². The molecule has 0 aliphatic rings. The summed E-state index contributed by atoms with van der Waals surface area (Å²) in [4.78, 5) is 14.9. The van der Waals surface area contributed by atoms with E-state index >= 15 is 0 Å². The lowest BCUT2D eigenvalue weighted by Gasteiger charge is -2.07. The fraction of sp³-hybridized carbons (Fsp3) is 0.0714. The predicted octanol–water partition coefficient (Wildman–Crippen LogP) is 1.77. The second-order valence-electron chi connectivity index (χ2n) is 4.44. The van der Waals surface area contributed by atoms with E-state index in [2.05, 4.69) is 33.0 Å². The maximum Gasteiger partial charge on any atom is 0.292 e. The molecule has 1 heterocycles. The van der Waals surface area contributed by atoms with E-state index in [-0.39, 0.29) is 10.8 Å². The van der Waals surface area contributed by atoms with Gasteiger partial charge in [0.2, 0.25) is 0 Å². The lowest BCUT2D eigenvalue weighted by molar-refractivity contribution is -0.384. The van der Waals surface area contributed by atoms with Crippen LogP contribution in [0.5, 0.6) is 0 Å². The van der Waals surface area contributed by atoms with Crippen LogP contribution >= 0.6 is 12.2 Å². The van der Waals surface area contributed by atoms with Crippen LogP contribution in [0.2, 0.25) is 0 Å². The van der Waals surface area contributed by atoms with Crippen LogP contribution in [0.25, 0.3) is 0 Å². The van der Waals surface area contributed by atoms with E-state index < -0.39 is 4.92 Å². The largest absolute Gasteiger partial charge is 0.375 e. The summed E-state index contributed by atoms with van der Waals surface area (Å²) in [5.74, 6) is 0. The standard InChI is InChI=1S/C14H14N6O2S/c15-14(23)19-18-8-10-4-5-12(13(7-10)20(21)22)17-9-11-3-1-2-6-16-11/h1-8,17H,9H2,(H3,15,19,23)/b18-8+. The van der Waals surface area contributed by atoms with Crippen molar-refractivity contribution < 1.29 is 4.92 Å². The number of rotatable bonds is 6. The van der Waals surface area contributed by atoms with Crippen molar-refractivity contribution in [3.8, 4) is 0 Å². The van der Waals surface area contributed by atoms with Crippen LogP contribution in [-0.4, -0.2) is 21.2 Å². The van der Waals surface area contributed by atoms with Crippen LogP contribution < -0.4 is 16.5 Å². The summed E-state index contributed by atoms with van der Waals surface area (Å²) in [7, 11) is 0. The molecule has 0 saturated heterocycles. The van der Waals surface area contributed by atoms with Crippen molar-refractivity contribution in [3.05, 3.63) is 64.0 Å². The van der Waals surface area contributed by atoms with Crippen molar-refractivity contribution in [2.24, 2.45) is 10.8 Å². The maximum absolute atomic E-state index is 11.2. The van der Waals surface area contributed by atoms with E-state index in [9.17, 15) is 10.1 Å². The van der Waals surface area contributed by atoms with Gasteiger partial charge in [-0.15, -0.1) is 0 Å². The van der Waals surface area contributed by atoms with Gasteiger partial charge < -0.3 is 11.1 Å². The highest BCUT2D eigenvalue weighted by Crippen LogP contribution is 2.25. The highest BCUT2D eigenvalue weighted by atomic mass is 32.1. The molecular weight excluding hydrogens is 316 g/mol. The van der Waals surface area contributed by atoms with Gasteiger partial charge in [0.1, 0.15) is 5.69 Å². The molecule has 0 unspecified atom stereocenters. The molecule has 0 atom stereocenters. The Hall–Kier alpha value is -3.07. The summed E-state index contributed by atoms with van der Waals surface area (Å²) in [5, 5.41) is 18.0. The molecule has 0 fully saturated rings. The molecule has 0 amide bonds. The highest BCUT2D eigenvalue weighted by Gasteiger charge is 2.14. The molecule has 8 nitrogen and oxygen atoms in total. The smallest absolute Gasteiger partial charge is 0.292 e. The average Bonchev–Trinajstić information content (AvgIpc) is 2.54. The Balaban J connectivity index is 2.14. The normalized spacial score (nSPS) is 10.4. The summed E-state index contributed by atoms with van der Waals surface area (Å²) in [5.41, 5.74) is 9.30. The third-order valence-electron chi connectivity index (χ3n) is 2.79. The maximum atomic E-state index is 11.2. The van der Waals surface area contributed by atoms with Crippen molar-refractivity contribution in [2.75, 3.05) is 5.32 Å². The minimum Gasteiger partial charge on any atom is -0.375 e. The van der Waals surface area contributed by atoms with Gasteiger partial charge in [-0.3, -0.25) is 20.5 Å². The van der Waals surface area contributed by atoms with Crippen LogP contribution in [-0.2, 0) is 6.54 Å². The van der Waals surface area contributed by atoms with E-state index in [1.807, 2.05) is 12.1 Å². The highest BCUT2D eigenvalue weighted by molar-refractivity contribution is 7.80. The van der Waals surface area contributed by atoms with Gasteiger partial charge >= 0.3 is 0 Å². The molecule has 2 aromatic rings. The number of nitrogens with zero attached hydrogens (tertiary/aromatic N) is 3. The van der Waals surface area contributed by atoms with Crippen molar-refractivity contribution in [1.82, 2.24) is 10.4 Å². The van der Waals surface area contributed by atoms with E-state index in [1.165, 1.54) is 12.3 Å². The molecule has 1 aromatic carbocycles. The second kappa shape index (κ2) is 7.80. The topological polar surface area (TPSA) is 118 Å². The summed E-state index contributed by atoms with van der Waals surface area (Å²) in [6.45, 7) is 0.387. The minimum absolute atomic E-state index is 0.0180. The first-order valence-corrected chi connectivity index (χ1v) is 6.98. The van der Waals surface area contributed by atoms with Crippen LogP contribution in [0, 0.1) is 10.1 Å². The van der Waals surface area contributed by atoms with Crippen LogP contribution in [0.4, 0.5) is 11.4 Å². The average molecular weight is 330 g/mol. The first-order chi connectivity index (χ1) is 11.1. The van der Waals surface area contributed by atoms with Crippen molar-refractivity contribution in [2.45, 2.75) is 6.54 Å². The van der Waals surface area contributed by atoms with E-state index in [4.69, 9.17) is 5.73 Å². The fourth-order valence-corrected chi connectivity index (χ4v) is 1.84. The summed E-state index contributed by atoms with van der Waals surface area (Å²) in [6, 6.07) is 10.2. The van der Waals surface area contributed by atoms with Crippen LogP contribution in [0.1, 0.15) is 11.3 Å². The zero-order valence-corrected chi connectivity index (χ0v) is 12.8. The molecule has 0 aliphatic carbocycles. The number of nitrogens with one attached hydrogen (secondary N) is 2. The van der Waals surface area contributed by atoms with Gasteiger partial charge in [-0.05, 0) is 30.4 Å². The Kier molecular flexibility index (Phi) is 5.53. The van der Waals surface area contributed by atoms with Gasteiger partial charge in [-0.25, -0.2) is 0 Å². The van der Waals surface area contributed by atoms with Gasteiger partial charge in [-0.2, -0.15) is 5.10 Å². The molecular formula is C14H14N6O2S. The van der Waals surface area contributed by atoms with E-state index in [0.29, 0.717) is 17.8 Å². The third kappa shape index (κ3) is 5.00. The molecule has 2 rings (SSSR count). The number of pyridine rings is 1. The second-order valence-corrected chi connectivity index (χ2v) is 4.88. The van der Waals surface area contributed by atoms with Crippen molar-refractivity contribution in [1.29, 1.82) is 0 Å². The predicted molar refractivity (Wildman–Crippen MR) is 92.2 cm³/mol. The van der Waals surface area contributed by atoms with Gasteiger partial charge in [0, 0.05) is 17.8 Å². The molecule has 9 heteroatoms. The fourth-order valence-electron chi connectivity index (χ4n) is 1.79. The molecule has 0 aliphatic heterocycles. The molecule has 0 saturated carbocycles. The quantitative estimate of drug-likeness (QED) is 0.320. The number of hydrogen-bond acceptors (Lipinski definition) is 6.